The van der Waals surface area contributed by atoms with Crippen LogP contribution in [0.2, 0.25) is 0 Å². The van der Waals surface area contributed by atoms with Gasteiger partial charge in [-0.2, -0.15) is 9.97 Å². The lowest BCUT2D eigenvalue weighted by molar-refractivity contribution is 0.0933. The average Bonchev–Trinajstić information content (AvgIpc) is 2.72. The molecule has 0 bridgehead atoms. The largest absolute Gasteiger partial charge is 0.496 e. The molecule has 3 rings (SSSR count). The number of hydrogen-bond donors (Lipinski definition) is 1. The first kappa shape index (κ1) is 18.4. The van der Waals surface area contributed by atoms with Crippen molar-refractivity contribution in [3.8, 4) is 17.6 Å². The molecule has 140 valence electrons. The average molecular weight is 367 g/mol. The van der Waals surface area contributed by atoms with Gasteiger partial charge < -0.3 is 19.5 Å². The summed E-state index contributed by atoms with van der Waals surface area (Å²) in [6, 6.07) is 13.1. The summed E-state index contributed by atoms with van der Waals surface area (Å²) in [6.07, 6.45) is 0. The summed E-state index contributed by atoms with van der Waals surface area (Å²) in [5.74, 6) is 0.703. The molecule has 27 heavy (non-hydrogen) atoms. The molecule has 2 aromatic carbocycles. The monoisotopic (exact) mass is 367 g/mol. The molecule has 7 heteroatoms. The molecule has 0 saturated heterocycles. The van der Waals surface area contributed by atoms with Gasteiger partial charge in [0, 0.05) is 11.5 Å². The zero-order valence-electron chi connectivity index (χ0n) is 15.6. The fourth-order valence-corrected chi connectivity index (χ4v) is 2.91. The van der Waals surface area contributed by atoms with Crippen LogP contribution in [0.3, 0.4) is 0 Å². The molecule has 0 aliphatic rings. The molecule has 1 amide bonds. The number of nitrogens with zero attached hydrogens (tertiary/aromatic N) is 2. The first-order chi connectivity index (χ1) is 13.1. The number of nitrogens with one attached hydrogen (secondary N) is 1. The Hall–Kier alpha value is -3.35. The Morgan fingerprint density at radius 1 is 0.963 bits per heavy atom. The van der Waals surface area contributed by atoms with E-state index < -0.39 is 0 Å². The van der Waals surface area contributed by atoms with Crippen LogP contribution in [-0.4, -0.2) is 37.2 Å². The molecule has 1 aromatic heterocycles. The van der Waals surface area contributed by atoms with Crippen molar-refractivity contribution in [3.63, 3.8) is 0 Å². The summed E-state index contributed by atoms with van der Waals surface area (Å²) < 4.78 is 15.6. The first-order valence-corrected chi connectivity index (χ1v) is 8.41. The van der Waals surface area contributed by atoms with E-state index >= 15 is 0 Å². The summed E-state index contributed by atoms with van der Waals surface area (Å²) in [7, 11) is 4.54. The molecular weight excluding hydrogens is 346 g/mol. The van der Waals surface area contributed by atoms with E-state index in [0.29, 0.717) is 0 Å². The molecule has 0 fully saturated rings. The highest BCUT2D eigenvalue weighted by Crippen LogP contribution is 2.31. The van der Waals surface area contributed by atoms with Crippen LogP contribution < -0.4 is 19.5 Å². The van der Waals surface area contributed by atoms with E-state index in [1.54, 1.807) is 7.11 Å². The minimum atomic E-state index is -0.346. The number of hydrogen-bond acceptors (Lipinski definition) is 6. The first-order valence-electron chi connectivity index (χ1n) is 8.41. The van der Waals surface area contributed by atoms with Gasteiger partial charge in [-0.3, -0.25) is 4.79 Å². The fraction of sp³-hybridized carbons (Fsp3) is 0.250. The van der Waals surface area contributed by atoms with Crippen molar-refractivity contribution in [1.29, 1.82) is 0 Å². The smallest absolute Gasteiger partial charge is 0.320 e. The Bertz CT molecular complexity index is 952. The summed E-state index contributed by atoms with van der Waals surface area (Å²) in [5, 5.41) is 4.97. The molecule has 0 aliphatic heterocycles. The van der Waals surface area contributed by atoms with Crippen LogP contribution in [0.5, 0.6) is 17.6 Å². The maximum atomic E-state index is 12.7. The van der Waals surface area contributed by atoms with Gasteiger partial charge in [-0.25, -0.2) is 0 Å². The SMILES string of the molecule is COc1cc(C(=O)N[C@H](C)c2ccc(OC)c3ccccc23)nc(OC)n1. The molecule has 7 nitrogen and oxygen atoms in total. The Labute approximate surface area is 157 Å². The fourth-order valence-electron chi connectivity index (χ4n) is 2.91. The second kappa shape index (κ2) is 7.90. The predicted octanol–water partition coefficient (Wildman–Crippen LogP) is 3.15. The molecule has 3 aromatic rings. The molecule has 1 atom stereocenters. The van der Waals surface area contributed by atoms with Crippen LogP contribution >= 0.6 is 0 Å². The second-order valence-corrected chi connectivity index (χ2v) is 5.88. The maximum absolute atomic E-state index is 12.7. The van der Waals surface area contributed by atoms with Crippen molar-refractivity contribution in [2.24, 2.45) is 0 Å². The third-order valence-corrected chi connectivity index (χ3v) is 4.26. The van der Waals surface area contributed by atoms with Gasteiger partial charge in [-0.15, -0.1) is 0 Å². The number of carbonyl (C=O) groups excluding carboxylic acids is 1. The molecular formula is C20H21N3O4. The van der Waals surface area contributed by atoms with Crippen LogP contribution in [0.25, 0.3) is 10.8 Å². The number of fused-ring (bicyclic) bond motifs is 1. The molecule has 0 unspecified atom stereocenters. The van der Waals surface area contributed by atoms with Crippen LogP contribution in [0, 0.1) is 0 Å². The molecule has 1 heterocycles. The summed E-state index contributed by atoms with van der Waals surface area (Å²) >= 11 is 0. The molecule has 0 aliphatic carbocycles. The topological polar surface area (TPSA) is 82.6 Å². The van der Waals surface area contributed by atoms with Crippen molar-refractivity contribution in [1.82, 2.24) is 15.3 Å². The lowest BCUT2D eigenvalue weighted by atomic mass is 9.99. The van der Waals surface area contributed by atoms with E-state index in [-0.39, 0.29) is 29.5 Å². The van der Waals surface area contributed by atoms with Crippen molar-refractivity contribution in [3.05, 3.63) is 53.7 Å². The predicted molar refractivity (Wildman–Crippen MR) is 102 cm³/mol. The number of rotatable bonds is 6. The van der Waals surface area contributed by atoms with Crippen LogP contribution in [0.4, 0.5) is 0 Å². The minimum absolute atomic E-state index is 0.0713. The Balaban J connectivity index is 1.91. The van der Waals surface area contributed by atoms with Gasteiger partial charge in [0.05, 0.1) is 27.4 Å². The van der Waals surface area contributed by atoms with Crippen LogP contribution in [0.15, 0.2) is 42.5 Å². The van der Waals surface area contributed by atoms with Gasteiger partial charge in [-0.05, 0) is 23.9 Å². The second-order valence-electron chi connectivity index (χ2n) is 5.88. The van der Waals surface area contributed by atoms with E-state index in [4.69, 9.17) is 14.2 Å². The summed E-state index contributed by atoms with van der Waals surface area (Å²) in [4.78, 5) is 20.8. The van der Waals surface area contributed by atoms with Gasteiger partial charge in [0.15, 0.2) is 0 Å². The van der Waals surface area contributed by atoms with Crippen LogP contribution in [-0.2, 0) is 0 Å². The third kappa shape index (κ3) is 3.76. The lowest BCUT2D eigenvalue weighted by Crippen LogP contribution is -2.27. The van der Waals surface area contributed by atoms with Gasteiger partial charge in [0.2, 0.25) is 5.88 Å². The maximum Gasteiger partial charge on any atom is 0.320 e. The van der Waals surface area contributed by atoms with Gasteiger partial charge >= 0.3 is 6.01 Å². The normalized spacial score (nSPS) is 11.7. The highest BCUT2D eigenvalue weighted by atomic mass is 16.5. The van der Waals surface area contributed by atoms with Crippen molar-refractivity contribution in [2.75, 3.05) is 21.3 Å². The van der Waals surface area contributed by atoms with Gasteiger partial charge in [0.1, 0.15) is 11.4 Å². The van der Waals surface area contributed by atoms with E-state index in [9.17, 15) is 4.79 Å². The van der Waals surface area contributed by atoms with Gasteiger partial charge in [0.25, 0.3) is 5.91 Å². The number of aromatic nitrogens is 2. The number of benzene rings is 2. The molecule has 0 spiro atoms. The summed E-state index contributed by atoms with van der Waals surface area (Å²) in [6.45, 7) is 1.92. The molecule has 0 radical (unpaired) electrons. The number of carbonyl (C=O) groups is 1. The number of methoxy groups -OCH3 is 3. The summed E-state index contributed by atoms with van der Waals surface area (Å²) in [5.41, 5.74) is 1.15. The van der Waals surface area contributed by atoms with E-state index in [1.165, 1.54) is 20.3 Å². The van der Waals surface area contributed by atoms with E-state index in [2.05, 4.69) is 15.3 Å². The Morgan fingerprint density at radius 3 is 2.37 bits per heavy atom. The Kier molecular flexibility index (Phi) is 5.40. The lowest BCUT2D eigenvalue weighted by Gasteiger charge is -2.18. The number of amides is 1. The molecule has 0 saturated carbocycles. The van der Waals surface area contributed by atoms with E-state index in [1.807, 2.05) is 43.3 Å². The molecule has 1 N–H and O–H groups in total. The third-order valence-electron chi connectivity index (χ3n) is 4.26. The minimum Gasteiger partial charge on any atom is -0.496 e. The van der Waals surface area contributed by atoms with E-state index in [0.717, 1.165) is 22.1 Å². The van der Waals surface area contributed by atoms with Crippen molar-refractivity contribution in [2.45, 2.75) is 13.0 Å². The highest BCUT2D eigenvalue weighted by molar-refractivity contribution is 5.94. The van der Waals surface area contributed by atoms with Crippen LogP contribution in [0.1, 0.15) is 29.0 Å². The quantitative estimate of drug-likeness (QED) is 0.721. The standard InChI is InChI=1S/C20H21N3O4/c1-12(13-9-10-17(25-2)15-8-6-5-7-14(13)15)21-19(24)16-11-18(26-3)23-20(22-16)27-4/h5-12H,1-4H3,(H,21,24)/t12-/m1/s1. The Morgan fingerprint density at radius 2 is 1.70 bits per heavy atom. The van der Waals surface area contributed by atoms with Gasteiger partial charge in [-0.1, -0.05) is 30.3 Å². The van der Waals surface area contributed by atoms with Crippen molar-refractivity contribution < 1.29 is 19.0 Å². The zero-order valence-corrected chi connectivity index (χ0v) is 15.6. The van der Waals surface area contributed by atoms with Crippen molar-refractivity contribution >= 4 is 16.7 Å². The highest BCUT2D eigenvalue weighted by Gasteiger charge is 2.18. The zero-order chi connectivity index (χ0) is 19.4. The number of ether oxygens (including phenoxy) is 3.